The van der Waals surface area contributed by atoms with Gasteiger partial charge in [-0.05, 0) is 12.8 Å². The van der Waals surface area contributed by atoms with Crippen LogP contribution in [0, 0.1) is 0 Å². The van der Waals surface area contributed by atoms with Crippen molar-refractivity contribution in [2.45, 2.75) is 38.9 Å². The summed E-state index contributed by atoms with van der Waals surface area (Å²) < 4.78 is 39.0. The summed E-state index contributed by atoms with van der Waals surface area (Å²) >= 11 is 0. The highest BCUT2D eigenvalue weighted by Gasteiger charge is 2.36. The van der Waals surface area contributed by atoms with Crippen LogP contribution >= 0.6 is 0 Å². The van der Waals surface area contributed by atoms with E-state index in [2.05, 4.69) is 5.10 Å². The number of aryl methyl sites for hydroxylation is 1. The summed E-state index contributed by atoms with van der Waals surface area (Å²) in [5.41, 5.74) is -0.816. The SMILES string of the molecule is CCCCn1cc(CCO)c(C(F)(F)F)n1. The fraction of sp³-hybridized carbons (Fsp3) is 0.700. The predicted molar refractivity (Wildman–Crippen MR) is 52.9 cm³/mol. The Hall–Kier alpha value is -1.04. The minimum absolute atomic E-state index is 0.0129. The van der Waals surface area contributed by atoms with Crippen molar-refractivity contribution < 1.29 is 18.3 Å². The molecule has 0 saturated carbocycles. The van der Waals surface area contributed by atoms with Gasteiger partial charge in [-0.15, -0.1) is 0 Å². The van der Waals surface area contributed by atoms with Gasteiger partial charge in [0.2, 0.25) is 0 Å². The van der Waals surface area contributed by atoms with Gasteiger partial charge in [-0.2, -0.15) is 18.3 Å². The maximum Gasteiger partial charge on any atom is 0.435 e. The fourth-order valence-electron chi connectivity index (χ4n) is 1.44. The summed E-state index contributed by atoms with van der Waals surface area (Å²) in [7, 11) is 0. The summed E-state index contributed by atoms with van der Waals surface area (Å²) in [6.07, 6.45) is -1.40. The first-order valence-electron chi connectivity index (χ1n) is 5.23. The second-order valence-electron chi connectivity index (χ2n) is 3.59. The number of aliphatic hydroxyl groups excluding tert-OH is 1. The highest BCUT2D eigenvalue weighted by molar-refractivity contribution is 5.20. The third kappa shape index (κ3) is 3.23. The highest BCUT2D eigenvalue weighted by atomic mass is 19.4. The number of hydrogen-bond acceptors (Lipinski definition) is 2. The van der Waals surface area contributed by atoms with Gasteiger partial charge in [0.1, 0.15) is 0 Å². The van der Waals surface area contributed by atoms with Crippen LogP contribution in [0.2, 0.25) is 0 Å². The molecule has 0 fully saturated rings. The number of unbranched alkanes of at least 4 members (excludes halogenated alkanes) is 1. The molecule has 0 aromatic carbocycles. The third-order valence-electron chi connectivity index (χ3n) is 2.23. The fourth-order valence-corrected chi connectivity index (χ4v) is 1.44. The molecular formula is C10H15F3N2O. The number of alkyl halides is 3. The minimum Gasteiger partial charge on any atom is -0.396 e. The number of nitrogens with zero attached hydrogens (tertiary/aromatic N) is 2. The van der Waals surface area contributed by atoms with Crippen LogP contribution in [0.5, 0.6) is 0 Å². The molecule has 0 spiro atoms. The van der Waals surface area contributed by atoms with E-state index in [4.69, 9.17) is 5.11 Å². The molecule has 0 radical (unpaired) electrons. The van der Waals surface area contributed by atoms with Crippen molar-refractivity contribution >= 4 is 0 Å². The lowest BCUT2D eigenvalue weighted by Crippen LogP contribution is -2.10. The number of halogens is 3. The van der Waals surface area contributed by atoms with Crippen molar-refractivity contribution in [2.24, 2.45) is 0 Å². The Labute approximate surface area is 91.9 Å². The first kappa shape index (κ1) is 13.0. The van der Waals surface area contributed by atoms with E-state index in [0.717, 1.165) is 12.8 Å². The van der Waals surface area contributed by atoms with Crippen LogP contribution in [0.4, 0.5) is 13.2 Å². The molecule has 0 unspecified atom stereocenters. The predicted octanol–water partition coefficient (Wildman–Crippen LogP) is 2.24. The normalized spacial score (nSPS) is 12.1. The smallest absolute Gasteiger partial charge is 0.396 e. The largest absolute Gasteiger partial charge is 0.435 e. The Bertz CT molecular complexity index is 333. The van der Waals surface area contributed by atoms with Crippen LogP contribution in [0.25, 0.3) is 0 Å². The second-order valence-corrected chi connectivity index (χ2v) is 3.59. The van der Waals surface area contributed by atoms with Crippen molar-refractivity contribution in [1.82, 2.24) is 9.78 Å². The van der Waals surface area contributed by atoms with Gasteiger partial charge in [0, 0.05) is 24.9 Å². The average Bonchev–Trinajstić information content (AvgIpc) is 2.58. The zero-order valence-electron chi connectivity index (χ0n) is 9.09. The van der Waals surface area contributed by atoms with Gasteiger partial charge >= 0.3 is 6.18 Å². The van der Waals surface area contributed by atoms with E-state index < -0.39 is 11.9 Å². The lowest BCUT2D eigenvalue weighted by Gasteiger charge is -2.04. The quantitative estimate of drug-likeness (QED) is 0.851. The van der Waals surface area contributed by atoms with Crippen molar-refractivity contribution in [1.29, 1.82) is 0 Å². The Kier molecular flexibility index (Phi) is 4.35. The monoisotopic (exact) mass is 236 g/mol. The Morgan fingerprint density at radius 3 is 2.62 bits per heavy atom. The third-order valence-corrected chi connectivity index (χ3v) is 2.23. The Morgan fingerprint density at radius 1 is 1.44 bits per heavy atom. The van der Waals surface area contributed by atoms with E-state index in [9.17, 15) is 13.2 Å². The van der Waals surface area contributed by atoms with Gasteiger partial charge in [0.15, 0.2) is 5.69 Å². The molecule has 0 aliphatic heterocycles. The van der Waals surface area contributed by atoms with E-state index in [0.29, 0.717) is 6.54 Å². The van der Waals surface area contributed by atoms with E-state index in [1.165, 1.54) is 10.9 Å². The number of aliphatic hydroxyl groups is 1. The van der Waals surface area contributed by atoms with E-state index >= 15 is 0 Å². The molecule has 0 atom stereocenters. The van der Waals surface area contributed by atoms with Crippen molar-refractivity contribution in [3.63, 3.8) is 0 Å². The van der Waals surface area contributed by atoms with Gasteiger partial charge in [-0.25, -0.2) is 0 Å². The lowest BCUT2D eigenvalue weighted by molar-refractivity contribution is -0.142. The maximum atomic E-state index is 12.5. The standard InChI is InChI=1S/C10H15F3N2O/c1-2-3-5-15-7-8(4-6-16)9(14-15)10(11,12)13/h7,16H,2-6H2,1H3. The first-order chi connectivity index (χ1) is 7.49. The first-order valence-corrected chi connectivity index (χ1v) is 5.23. The molecule has 1 rings (SSSR count). The molecule has 16 heavy (non-hydrogen) atoms. The zero-order valence-corrected chi connectivity index (χ0v) is 9.09. The summed E-state index contributed by atoms with van der Waals surface area (Å²) in [5, 5.41) is 12.2. The maximum absolute atomic E-state index is 12.5. The van der Waals surface area contributed by atoms with Crippen LogP contribution in [0.1, 0.15) is 31.0 Å². The van der Waals surface area contributed by atoms with Gasteiger partial charge in [0.05, 0.1) is 0 Å². The van der Waals surface area contributed by atoms with Crippen molar-refractivity contribution in [2.75, 3.05) is 6.61 Å². The van der Waals surface area contributed by atoms with E-state index in [-0.39, 0.29) is 18.6 Å². The molecule has 92 valence electrons. The van der Waals surface area contributed by atoms with Crippen LogP contribution < -0.4 is 0 Å². The summed E-state index contributed by atoms with van der Waals surface area (Å²) in [6.45, 7) is 2.14. The summed E-state index contributed by atoms with van der Waals surface area (Å²) in [4.78, 5) is 0. The molecular weight excluding hydrogens is 221 g/mol. The van der Waals surface area contributed by atoms with E-state index in [1.54, 1.807) is 0 Å². The zero-order chi connectivity index (χ0) is 12.2. The highest BCUT2D eigenvalue weighted by Crippen LogP contribution is 2.30. The summed E-state index contributed by atoms with van der Waals surface area (Å²) in [5.74, 6) is 0. The molecule has 0 amide bonds. The van der Waals surface area contributed by atoms with Gasteiger partial charge in [-0.1, -0.05) is 13.3 Å². The van der Waals surface area contributed by atoms with Gasteiger partial charge in [0.25, 0.3) is 0 Å². The van der Waals surface area contributed by atoms with Crippen LogP contribution in [-0.4, -0.2) is 21.5 Å². The molecule has 0 aliphatic rings. The van der Waals surface area contributed by atoms with Crippen LogP contribution in [0.3, 0.4) is 0 Å². The van der Waals surface area contributed by atoms with Gasteiger partial charge < -0.3 is 5.11 Å². The molecule has 3 nitrogen and oxygen atoms in total. The molecule has 0 bridgehead atoms. The minimum atomic E-state index is -4.44. The number of rotatable bonds is 5. The van der Waals surface area contributed by atoms with Gasteiger partial charge in [-0.3, -0.25) is 4.68 Å². The Balaban J connectivity index is 2.91. The van der Waals surface area contributed by atoms with Crippen molar-refractivity contribution in [3.05, 3.63) is 17.5 Å². The van der Waals surface area contributed by atoms with Crippen LogP contribution in [-0.2, 0) is 19.1 Å². The number of aromatic nitrogens is 2. The molecule has 1 N–H and O–H groups in total. The molecule has 0 aliphatic carbocycles. The lowest BCUT2D eigenvalue weighted by atomic mass is 10.2. The van der Waals surface area contributed by atoms with Crippen LogP contribution in [0.15, 0.2) is 6.20 Å². The second kappa shape index (κ2) is 5.34. The molecule has 6 heteroatoms. The number of hydrogen-bond donors (Lipinski definition) is 1. The van der Waals surface area contributed by atoms with Crippen molar-refractivity contribution in [3.8, 4) is 0 Å². The molecule has 1 aromatic rings. The molecule has 0 saturated heterocycles. The average molecular weight is 236 g/mol. The topological polar surface area (TPSA) is 38.0 Å². The van der Waals surface area contributed by atoms with E-state index in [1.807, 2.05) is 6.92 Å². The molecule has 1 heterocycles. The summed E-state index contributed by atoms with van der Waals surface area (Å²) in [6, 6.07) is 0. The Morgan fingerprint density at radius 2 is 2.12 bits per heavy atom. The molecule has 1 aromatic heterocycles.